The Bertz CT molecular complexity index is 969. The van der Waals surface area contributed by atoms with E-state index in [4.69, 9.17) is 5.11 Å². The van der Waals surface area contributed by atoms with Gasteiger partial charge in [0.05, 0.1) is 24.7 Å². The van der Waals surface area contributed by atoms with E-state index in [-0.39, 0.29) is 19.0 Å². The average Bonchev–Trinajstić information content (AvgIpc) is 3.17. The summed E-state index contributed by atoms with van der Waals surface area (Å²) in [5.41, 5.74) is 2.25. The van der Waals surface area contributed by atoms with E-state index in [1.807, 2.05) is 0 Å². The second-order valence-corrected chi connectivity index (χ2v) is 7.82. The summed E-state index contributed by atoms with van der Waals surface area (Å²) < 4.78 is 26.0. The van der Waals surface area contributed by atoms with Gasteiger partial charge in [-0.15, -0.1) is 5.10 Å². The molecular formula is C15H17N5O5S. The largest absolute Gasteiger partial charge is 0.480 e. The Hall–Kier alpha value is -2.95. The Morgan fingerprint density at radius 1 is 1.35 bits per heavy atom. The molecule has 2 aromatic rings. The van der Waals surface area contributed by atoms with Gasteiger partial charge in [-0.2, -0.15) is 0 Å². The number of benzene rings is 1. The van der Waals surface area contributed by atoms with Gasteiger partial charge in [-0.05, 0) is 30.2 Å². The number of hydrogen-bond acceptors (Lipinski definition) is 6. The zero-order chi connectivity index (χ0) is 18.9. The molecule has 0 fully saturated rings. The fourth-order valence-electron chi connectivity index (χ4n) is 2.77. The van der Waals surface area contributed by atoms with Gasteiger partial charge in [-0.3, -0.25) is 13.9 Å². The number of carboxylic acids is 1. The number of nitrogens with one attached hydrogen (secondary N) is 1. The second kappa shape index (κ2) is 6.75. The molecule has 26 heavy (non-hydrogen) atoms. The number of nitrogens with zero attached hydrogens (tertiary/aromatic N) is 4. The highest BCUT2D eigenvalue weighted by Gasteiger charge is 2.26. The van der Waals surface area contributed by atoms with Crippen LogP contribution in [0.15, 0.2) is 24.4 Å². The van der Waals surface area contributed by atoms with Crippen molar-refractivity contribution in [3.8, 4) is 0 Å². The van der Waals surface area contributed by atoms with Crippen molar-refractivity contribution in [2.75, 3.05) is 17.1 Å². The third kappa shape index (κ3) is 3.82. The molecule has 2 N–H and O–H groups in total. The summed E-state index contributed by atoms with van der Waals surface area (Å²) in [5.74, 6) is -1.37. The first-order chi connectivity index (χ1) is 12.2. The van der Waals surface area contributed by atoms with Crippen molar-refractivity contribution in [3.05, 3.63) is 41.2 Å². The monoisotopic (exact) mass is 379 g/mol. The van der Waals surface area contributed by atoms with Crippen LogP contribution in [-0.4, -0.2) is 53.2 Å². The molecule has 0 atom stereocenters. The molecule has 1 aliphatic rings. The van der Waals surface area contributed by atoms with Crippen molar-refractivity contribution in [2.24, 2.45) is 0 Å². The Balaban J connectivity index is 1.66. The van der Waals surface area contributed by atoms with E-state index in [0.717, 1.165) is 11.8 Å². The van der Waals surface area contributed by atoms with Gasteiger partial charge in [0.1, 0.15) is 12.2 Å². The Labute approximate surface area is 149 Å². The van der Waals surface area contributed by atoms with Crippen LogP contribution in [0.1, 0.15) is 21.6 Å². The fourth-order valence-corrected chi connectivity index (χ4v) is 3.72. The lowest BCUT2D eigenvalue weighted by molar-refractivity contribution is -0.137. The Morgan fingerprint density at radius 3 is 2.81 bits per heavy atom. The van der Waals surface area contributed by atoms with Crippen LogP contribution in [-0.2, 0) is 34.3 Å². The zero-order valence-electron chi connectivity index (χ0n) is 13.9. The van der Waals surface area contributed by atoms with E-state index in [1.54, 1.807) is 18.2 Å². The van der Waals surface area contributed by atoms with Crippen LogP contribution in [0.25, 0.3) is 0 Å². The van der Waals surface area contributed by atoms with Gasteiger partial charge in [0, 0.05) is 12.1 Å². The molecule has 0 saturated carbocycles. The quantitative estimate of drug-likeness (QED) is 0.698. The molecule has 0 unspecified atom stereocenters. The van der Waals surface area contributed by atoms with Crippen LogP contribution in [0.3, 0.4) is 0 Å². The van der Waals surface area contributed by atoms with Crippen LogP contribution in [0, 0.1) is 0 Å². The highest BCUT2D eigenvalue weighted by molar-refractivity contribution is 7.92. The number of anilines is 1. The normalized spacial score (nSPS) is 13.5. The standard InChI is InChI=1S/C15H17N5O5S/c1-26(24,25)20-5-4-10-6-11(2-3-13(10)20)15(23)16-7-12-8-19(18-17-12)9-14(21)22/h2-3,6,8H,4-5,7,9H2,1H3,(H,16,23)(H,21,22). The summed E-state index contributed by atoms with van der Waals surface area (Å²) in [6.07, 6.45) is 3.15. The maximum absolute atomic E-state index is 12.3. The summed E-state index contributed by atoms with van der Waals surface area (Å²) in [5, 5.41) is 18.8. The van der Waals surface area contributed by atoms with Gasteiger partial charge in [0.15, 0.2) is 0 Å². The van der Waals surface area contributed by atoms with Gasteiger partial charge in [-0.1, -0.05) is 5.21 Å². The van der Waals surface area contributed by atoms with Crippen LogP contribution in [0.4, 0.5) is 5.69 Å². The number of carboxylic acid groups (broad SMARTS) is 1. The van der Waals surface area contributed by atoms with Crippen LogP contribution in [0.2, 0.25) is 0 Å². The molecule has 0 radical (unpaired) electrons. The number of aromatic nitrogens is 3. The molecule has 1 aromatic heterocycles. The smallest absolute Gasteiger partial charge is 0.325 e. The van der Waals surface area contributed by atoms with Crippen LogP contribution < -0.4 is 9.62 Å². The Morgan fingerprint density at radius 2 is 2.12 bits per heavy atom. The number of sulfonamides is 1. The van der Waals surface area contributed by atoms with E-state index in [2.05, 4.69) is 15.6 Å². The molecule has 138 valence electrons. The average molecular weight is 379 g/mol. The maximum atomic E-state index is 12.3. The summed E-state index contributed by atoms with van der Waals surface area (Å²) >= 11 is 0. The number of amides is 1. The SMILES string of the molecule is CS(=O)(=O)N1CCc2cc(C(=O)NCc3cn(CC(=O)O)nn3)ccc21. The molecule has 2 heterocycles. The van der Waals surface area contributed by atoms with Gasteiger partial charge in [0.25, 0.3) is 5.91 Å². The number of aliphatic carboxylic acids is 1. The van der Waals surface area contributed by atoms with Crippen molar-refractivity contribution in [1.82, 2.24) is 20.3 Å². The predicted octanol–water partition coefficient (Wildman–Crippen LogP) is -0.385. The van der Waals surface area contributed by atoms with Crippen molar-refractivity contribution in [1.29, 1.82) is 0 Å². The minimum Gasteiger partial charge on any atom is -0.480 e. The first kappa shape index (κ1) is 17.9. The lowest BCUT2D eigenvalue weighted by Gasteiger charge is -2.16. The summed E-state index contributed by atoms with van der Waals surface area (Å²) in [7, 11) is -3.33. The van der Waals surface area contributed by atoms with Crippen LogP contribution >= 0.6 is 0 Å². The highest BCUT2D eigenvalue weighted by atomic mass is 32.2. The highest BCUT2D eigenvalue weighted by Crippen LogP contribution is 2.30. The number of carbonyl (C=O) groups excluding carboxylic acids is 1. The van der Waals surface area contributed by atoms with E-state index < -0.39 is 16.0 Å². The summed E-state index contributed by atoms with van der Waals surface area (Å²) in [6, 6.07) is 4.87. The summed E-state index contributed by atoms with van der Waals surface area (Å²) in [6.45, 7) is 0.166. The maximum Gasteiger partial charge on any atom is 0.325 e. The minimum absolute atomic E-state index is 0.102. The van der Waals surface area contributed by atoms with Crippen LogP contribution in [0.5, 0.6) is 0 Å². The molecule has 3 rings (SSSR count). The zero-order valence-corrected chi connectivity index (χ0v) is 14.7. The lowest BCUT2D eigenvalue weighted by atomic mass is 10.1. The molecule has 0 bridgehead atoms. The minimum atomic E-state index is -3.33. The Kier molecular flexibility index (Phi) is 4.64. The van der Waals surface area contributed by atoms with E-state index in [1.165, 1.54) is 15.2 Å². The molecule has 1 aromatic carbocycles. The molecule has 0 aliphatic carbocycles. The molecule has 0 spiro atoms. The van der Waals surface area contributed by atoms with Gasteiger partial charge in [0.2, 0.25) is 10.0 Å². The topological polar surface area (TPSA) is 134 Å². The van der Waals surface area contributed by atoms with Gasteiger partial charge in [-0.25, -0.2) is 13.1 Å². The number of hydrogen-bond donors (Lipinski definition) is 2. The third-order valence-electron chi connectivity index (χ3n) is 3.91. The number of fused-ring (bicyclic) bond motifs is 1. The lowest BCUT2D eigenvalue weighted by Crippen LogP contribution is -2.27. The van der Waals surface area contributed by atoms with Crippen molar-refractivity contribution < 1.29 is 23.1 Å². The third-order valence-corrected chi connectivity index (χ3v) is 5.09. The van der Waals surface area contributed by atoms with Gasteiger partial charge < -0.3 is 10.4 Å². The van der Waals surface area contributed by atoms with E-state index in [9.17, 15) is 18.0 Å². The van der Waals surface area contributed by atoms with E-state index >= 15 is 0 Å². The molecular weight excluding hydrogens is 362 g/mol. The fraction of sp³-hybridized carbons (Fsp3) is 0.333. The van der Waals surface area contributed by atoms with Crippen molar-refractivity contribution >= 4 is 27.6 Å². The predicted molar refractivity (Wildman–Crippen MR) is 91.2 cm³/mol. The van der Waals surface area contributed by atoms with Crippen molar-refractivity contribution in [3.63, 3.8) is 0 Å². The first-order valence-corrected chi connectivity index (χ1v) is 9.58. The number of rotatable bonds is 6. The number of carbonyl (C=O) groups is 2. The van der Waals surface area contributed by atoms with E-state index in [0.29, 0.717) is 29.9 Å². The molecule has 10 nitrogen and oxygen atoms in total. The molecule has 11 heteroatoms. The van der Waals surface area contributed by atoms with Gasteiger partial charge >= 0.3 is 5.97 Å². The second-order valence-electron chi connectivity index (χ2n) is 5.91. The molecule has 1 amide bonds. The van der Waals surface area contributed by atoms with Crippen molar-refractivity contribution in [2.45, 2.75) is 19.5 Å². The summed E-state index contributed by atoms with van der Waals surface area (Å²) in [4.78, 5) is 22.9. The first-order valence-electron chi connectivity index (χ1n) is 7.73. The molecule has 1 aliphatic heterocycles. The molecule has 0 saturated heterocycles.